The number of aromatic nitrogens is 2. The van der Waals surface area contributed by atoms with Gasteiger partial charge >= 0.3 is 0 Å². The minimum atomic E-state index is 0.140. The van der Waals surface area contributed by atoms with E-state index in [1.54, 1.807) is 4.68 Å². The molecule has 18 heavy (non-hydrogen) atoms. The lowest BCUT2D eigenvalue weighted by atomic mass is 9.80. The maximum atomic E-state index is 8.85. The molecule has 4 nitrogen and oxygen atoms in total. The van der Waals surface area contributed by atoms with Crippen molar-refractivity contribution in [2.75, 3.05) is 11.9 Å². The van der Waals surface area contributed by atoms with Crippen LogP contribution in [0.2, 0.25) is 0 Å². The zero-order valence-corrected chi connectivity index (χ0v) is 11.5. The molecule has 102 valence electrons. The zero-order chi connectivity index (χ0) is 13.0. The van der Waals surface area contributed by atoms with Gasteiger partial charge in [0.2, 0.25) is 0 Å². The van der Waals surface area contributed by atoms with E-state index in [1.807, 2.05) is 12.4 Å². The Hall–Kier alpha value is -1.03. The highest BCUT2D eigenvalue weighted by Gasteiger charge is 2.23. The van der Waals surface area contributed by atoms with Crippen LogP contribution in [-0.2, 0) is 6.54 Å². The van der Waals surface area contributed by atoms with Gasteiger partial charge in [0.05, 0.1) is 25.0 Å². The summed E-state index contributed by atoms with van der Waals surface area (Å²) in [6.45, 7) is 5.37. The van der Waals surface area contributed by atoms with Crippen molar-refractivity contribution < 1.29 is 5.11 Å². The summed E-state index contributed by atoms with van der Waals surface area (Å²) in [4.78, 5) is 0. The molecule has 0 saturated heterocycles. The summed E-state index contributed by atoms with van der Waals surface area (Å²) in [5.74, 6) is 1.72. The molecule has 0 unspecified atom stereocenters. The summed E-state index contributed by atoms with van der Waals surface area (Å²) in [5, 5.41) is 16.6. The molecule has 4 heteroatoms. The molecule has 0 aliphatic heterocycles. The molecular formula is C14H25N3O. The summed E-state index contributed by atoms with van der Waals surface area (Å²) < 4.78 is 1.78. The molecule has 0 amide bonds. The summed E-state index contributed by atoms with van der Waals surface area (Å²) in [6, 6.07) is 0.590. The highest BCUT2D eigenvalue weighted by molar-refractivity contribution is 5.39. The van der Waals surface area contributed by atoms with Crippen LogP contribution in [0.15, 0.2) is 12.4 Å². The molecule has 1 aromatic heterocycles. The predicted octanol–water partition coefficient (Wildman–Crippen LogP) is 2.50. The van der Waals surface area contributed by atoms with E-state index in [1.165, 1.54) is 25.7 Å². The first-order valence-corrected chi connectivity index (χ1v) is 7.09. The lowest BCUT2D eigenvalue weighted by Crippen LogP contribution is -2.27. The van der Waals surface area contributed by atoms with Crippen molar-refractivity contribution in [2.24, 2.45) is 11.8 Å². The summed E-state index contributed by atoms with van der Waals surface area (Å²) in [7, 11) is 0. The van der Waals surface area contributed by atoms with Crippen LogP contribution >= 0.6 is 0 Å². The Morgan fingerprint density at radius 1 is 1.39 bits per heavy atom. The fourth-order valence-electron chi connectivity index (χ4n) is 2.83. The van der Waals surface area contributed by atoms with Crippen LogP contribution in [0.4, 0.5) is 5.69 Å². The second kappa shape index (κ2) is 6.23. The Morgan fingerprint density at radius 2 is 2.11 bits per heavy atom. The summed E-state index contributed by atoms with van der Waals surface area (Å²) in [5.41, 5.74) is 1.08. The molecule has 1 saturated carbocycles. The number of aliphatic hydroxyl groups is 1. The number of hydrogen-bond donors (Lipinski definition) is 2. The maximum Gasteiger partial charge on any atom is 0.0728 e. The largest absolute Gasteiger partial charge is 0.394 e. The third-order valence-corrected chi connectivity index (χ3v) is 4.05. The average Bonchev–Trinajstić information content (AvgIpc) is 2.78. The van der Waals surface area contributed by atoms with E-state index < -0.39 is 0 Å². The number of aliphatic hydroxyl groups excluding tert-OH is 1. The van der Waals surface area contributed by atoms with Crippen LogP contribution in [0.1, 0.15) is 39.5 Å². The van der Waals surface area contributed by atoms with Gasteiger partial charge in [0.1, 0.15) is 0 Å². The Kier molecular flexibility index (Phi) is 4.64. The molecule has 0 bridgehead atoms. The topological polar surface area (TPSA) is 50.1 Å². The smallest absolute Gasteiger partial charge is 0.0728 e. The van der Waals surface area contributed by atoms with Gasteiger partial charge in [-0.15, -0.1) is 0 Å². The van der Waals surface area contributed by atoms with Crippen LogP contribution in [0.3, 0.4) is 0 Å². The van der Waals surface area contributed by atoms with Crippen molar-refractivity contribution in [3.05, 3.63) is 12.4 Å². The number of nitrogens with one attached hydrogen (secondary N) is 1. The van der Waals surface area contributed by atoms with E-state index in [0.29, 0.717) is 12.6 Å². The van der Waals surface area contributed by atoms with Gasteiger partial charge in [0.15, 0.2) is 0 Å². The molecule has 0 radical (unpaired) electrons. The van der Waals surface area contributed by atoms with Gasteiger partial charge in [-0.25, -0.2) is 0 Å². The number of nitrogens with zero attached hydrogens (tertiary/aromatic N) is 2. The van der Waals surface area contributed by atoms with Crippen molar-refractivity contribution in [2.45, 2.75) is 52.1 Å². The molecule has 0 atom stereocenters. The standard InChI is InChI=1S/C14H25N3O/c1-11(2)12-3-5-13(6-4-12)16-14-9-15-17(10-14)7-8-18/h9-13,16,18H,3-8H2,1-2H3. The van der Waals surface area contributed by atoms with E-state index in [4.69, 9.17) is 5.11 Å². The molecule has 1 fully saturated rings. The quantitative estimate of drug-likeness (QED) is 0.845. The monoisotopic (exact) mass is 251 g/mol. The fraction of sp³-hybridized carbons (Fsp3) is 0.786. The van der Waals surface area contributed by atoms with Crippen LogP contribution in [0, 0.1) is 11.8 Å². The lowest BCUT2D eigenvalue weighted by molar-refractivity contribution is 0.266. The molecule has 1 aliphatic carbocycles. The molecular weight excluding hydrogens is 226 g/mol. The Morgan fingerprint density at radius 3 is 2.72 bits per heavy atom. The van der Waals surface area contributed by atoms with Crippen molar-refractivity contribution in [3.8, 4) is 0 Å². The minimum Gasteiger partial charge on any atom is -0.394 e. The van der Waals surface area contributed by atoms with Crippen LogP contribution < -0.4 is 5.32 Å². The predicted molar refractivity (Wildman–Crippen MR) is 73.5 cm³/mol. The minimum absolute atomic E-state index is 0.140. The van der Waals surface area contributed by atoms with Crippen LogP contribution in [-0.4, -0.2) is 27.5 Å². The van der Waals surface area contributed by atoms with Gasteiger partial charge in [0.25, 0.3) is 0 Å². The fourth-order valence-corrected chi connectivity index (χ4v) is 2.83. The SMILES string of the molecule is CC(C)C1CCC(Nc2cnn(CCO)c2)CC1. The molecule has 1 heterocycles. The van der Waals surface area contributed by atoms with Crippen LogP contribution in [0.25, 0.3) is 0 Å². The molecule has 2 N–H and O–H groups in total. The van der Waals surface area contributed by atoms with Crippen molar-refractivity contribution in [3.63, 3.8) is 0 Å². The van der Waals surface area contributed by atoms with Crippen molar-refractivity contribution >= 4 is 5.69 Å². The normalized spacial score (nSPS) is 24.4. The molecule has 1 aliphatic rings. The van der Waals surface area contributed by atoms with E-state index >= 15 is 0 Å². The Labute approximate surface area is 109 Å². The lowest BCUT2D eigenvalue weighted by Gasteiger charge is -2.31. The van der Waals surface area contributed by atoms with E-state index in [0.717, 1.165) is 17.5 Å². The van der Waals surface area contributed by atoms with Crippen LogP contribution in [0.5, 0.6) is 0 Å². The summed E-state index contributed by atoms with van der Waals surface area (Å²) in [6.07, 6.45) is 9.01. The Bertz CT molecular complexity index is 354. The van der Waals surface area contributed by atoms with E-state index in [9.17, 15) is 0 Å². The van der Waals surface area contributed by atoms with E-state index in [-0.39, 0.29) is 6.61 Å². The molecule has 1 aromatic rings. The van der Waals surface area contributed by atoms with Crippen molar-refractivity contribution in [1.82, 2.24) is 9.78 Å². The van der Waals surface area contributed by atoms with Gasteiger partial charge in [-0.2, -0.15) is 5.10 Å². The first-order chi connectivity index (χ1) is 8.69. The number of hydrogen-bond acceptors (Lipinski definition) is 3. The third-order valence-electron chi connectivity index (χ3n) is 4.05. The zero-order valence-electron chi connectivity index (χ0n) is 11.5. The van der Waals surface area contributed by atoms with E-state index in [2.05, 4.69) is 24.3 Å². The first-order valence-electron chi connectivity index (χ1n) is 7.09. The highest BCUT2D eigenvalue weighted by Crippen LogP contribution is 2.31. The second-order valence-corrected chi connectivity index (χ2v) is 5.72. The second-order valence-electron chi connectivity index (χ2n) is 5.72. The van der Waals surface area contributed by atoms with Gasteiger partial charge in [-0.05, 0) is 37.5 Å². The first kappa shape index (κ1) is 13.4. The molecule has 2 rings (SSSR count). The Balaban J connectivity index is 1.80. The summed E-state index contributed by atoms with van der Waals surface area (Å²) >= 11 is 0. The number of anilines is 1. The van der Waals surface area contributed by atoms with Gasteiger partial charge in [0, 0.05) is 12.2 Å². The number of rotatable bonds is 5. The van der Waals surface area contributed by atoms with Gasteiger partial charge in [-0.3, -0.25) is 4.68 Å². The van der Waals surface area contributed by atoms with Gasteiger partial charge < -0.3 is 10.4 Å². The molecule has 0 spiro atoms. The third kappa shape index (κ3) is 3.48. The molecule has 0 aromatic carbocycles. The van der Waals surface area contributed by atoms with Crippen molar-refractivity contribution in [1.29, 1.82) is 0 Å². The van der Waals surface area contributed by atoms with Gasteiger partial charge in [-0.1, -0.05) is 13.8 Å². The average molecular weight is 251 g/mol. The maximum absolute atomic E-state index is 8.85. The highest BCUT2D eigenvalue weighted by atomic mass is 16.3.